The molecular weight excluding hydrogens is 338 g/mol. The molecule has 3 rings (SSSR count). The first-order chi connectivity index (χ1) is 11.5. The zero-order valence-electron chi connectivity index (χ0n) is 14.6. The quantitative estimate of drug-likeness (QED) is 0.346. The summed E-state index contributed by atoms with van der Waals surface area (Å²) in [5.41, 5.74) is 2.73. The Morgan fingerprint density at radius 2 is 2.04 bits per heavy atom. The van der Waals surface area contributed by atoms with E-state index < -0.39 is 8.07 Å². The molecule has 0 fully saturated rings. The predicted molar refractivity (Wildman–Crippen MR) is 101 cm³/mol. The van der Waals surface area contributed by atoms with Crippen LogP contribution in [0.25, 0.3) is 22.6 Å². The Morgan fingerprint density at radius 1 is 1.25 bits per heavy atom. The maximum Gasteiger partial charge on any atom is 0.193 e. The first kappa shape index (κ1) is 17.3. The number of nitrogens with zero attached hydrogens (tertiary/aromatic N) is 3. The third-order valence-electron chi connectivity index (χ3n) is 3.79. The average molecular weight is 362 g/mol. The fourth-order valence-electron chi connectivity index (χ4n) is 2.40. The molecule has 0 aliphatic heterocycles. The van der Waals surface area contributed by atoms with Crippen molar-refractivity contribution in [1.29, 1.82) is 0 Å². The fourth-order valence-corrected chi connectivity index (χ4v) is 3.49. The number of fused-ring (bicyclic) bond motifs is 1. The van der Waals surface area contributed by atoms with Gasteiger partial charge in [0, 0.05) is 20.7 Å². The van der Waals surface area contributed by atoms with Crippen molar-refractivity contribution >= 4 is 30.9 Å². The van der Waals surface area contributed by atoms with Crippen molar-refractivity contribution < 1.29 is 9.26 Å². The van der Waals surface area contributed by atoms with E-state index in [9.17, 15) is 0 Å². The summed E-state index contributed by atoms with van der Waals surface area (Å²) in [7, 11) is -1.09. The Kier molecular flexibility index (Phi) is 5.12. The molecule has 3 aromatic rings. The van der Waals surface area contributed by atoms with E-state index in [1.54, 1.807) is 0 Å². The number of benzene rings is 1. The normalized spacial score (nSPS) is 12.2. The molecule has 2 aromatic heterocycles. The Labute approximate surface area is 147 Å². The summed E-state index contributed by atoms with van der Waals surface area (Å²) >= 11 is 1.53. The third kappa shape index (κ3) is 3.91. The van der Waals surface area contributed by atoms with Crippen molar-refractivity contribution in [2.24, 2.45) is 0 Å². The van der Waals surface area contributed by atoms with Crippen molar-refractivity contribution in [2.75, 3.05) is 12.9 Å². The number of thioether (sulfide) groups is 1. The zero-order valence-corrected chi connectivity index (χ0v) is 16.4. The molecular formula is C17H23N3O2SSi. The van der Waals surface area contributed by atoms with Gasteiger partial charge in [-0.2, -0.15) is 0 Å². The van der Waals surface area contributed by atoms with Crippen LogP contribution in [0.5, 0.6) is 0 Å². The van der Waals surface area contributed by atoms with Gasteiger partial charge < -0.3 is 9.26 Å². The van der Waals surface area contributed by atoms with Crippen molar-refractivity contribution in [3.05, 3.63) is 30.3 Å². The lowest BCUT2D eigenvalue weighted by molar-refractivity contribution is 0.0908. The first-order valence-corrected chi connectivity index (χ1v) is 13.0. The van der Waals surface area contributed by atoms with Crippen LogP contribution in [0.2, 0.25) is 25.7 Å². The lowest BCUT2D eigenvalue weighted by atomic mass is 10.3. The highest BCUT2D eigenvalue weighted by Crippen LogP contribution is 2.27. The van der Waals surface area contributed by atoms with Crippen LogP contribution >= 0.6 is 11.8 Å². The van der Waals surface area contributed by atoms with Gasteiger partial charge in [-0.1, -0.05) is 48.7 Å². The summed E-state index contributed by atoms with van der Waals surface area (Å²) in [5.74, 6) is 0.785. The van der Waals surface area contributed by atoms with Gasteiger partial charge in [0.05, 0.1) is 11.0 Å². The summed E-state index contributed by atoms with van der Waals surface area (Å²) in [6, 6.07) is 11.1. The first-order valence-electron chi connectivity index (χ1n) is 8.02. The molecule has 0 aliphatic carbocycles. The summed E-state index contributed by atoms with van der Waals surface area (Å²) in [5, 5.41) is 4.93. The van der Waals surface area contributed by atoms with Crippen LogP contribution in [0.15, 0.2) is 39.9 Å². The summed E-state index contributed by atoms with van der Waals surface area (Å²) in [6.45, 7) is 8.31. The van der Waals surface area contributed by atoms with Crippen LogP contribution in [0, 0.1) is 0 Å². The number of aromatic nitrogens is 3. The van der Waals surface area contributed by atoms with Crippen LogP contribution in [0.3, 0.4) is 0 Å². The second-order valence-corrected chi connectivity index (χ2v) is 13.4. The van der Waals surface area contributed by atoms with Crippen molar-refractivity contribution in [1.82, 2.24) is 14.7 Å². The van der Waals surface area contributed by atoms with Gasteiger partial charge in [0.1, 0.15) is 6.73 Å². The molecule has 0 radical (unpaired) electrons. The summed E-state index contributed by atoms with van der Waals surface area (Å²) < 4.78 is 13.3. The van der Waals surface area contributed by atoms with E-state index in [0.717, 1.165) is 40.3 Å². The molecule has 0 unspecified atom stereocenters. The van der Waals surface area contributed by atoms with E-state index in [-0.39, 0.29) is 0 Å². The highest BCUT2D eigenvalue weighted by Gasteiger charge is 2.17. The van der Waals surface area contributed by atoms with Crippen molar-refractivity contribution in [3.63, 3.8) is 0 Å². The smallest absolute Gasteiger partial charge is 0.193 e. The van der Waals surface area contributed by atoms with Gasteiger partial charge in [0.25, 0.3) is 0 Å². The van der Waals surface area contributed by atoms with Gasteiger partial charge in [-0.25, -0.2) is 4.98 Å². The highest BCUT2D eigenvalue weighted by molar-refractivity contribution is 7.98. The minimum absolute atomic E-state index is 0.474. The van der Waals surface area contributed by atoms with E-state index in [4.69, 9.17) is 14.2 Å². The Hall–Kier alpha value is -1.57. The number of hydrogen-bond donors (Lipinski definition) is 0. The molecule has 0 spiro atoms. The molecule has 0 saturated heterocycles. The SMILES string of the molecule is CSc1cc(-c2nc3ccccc3n2COCC[Si](C)(C)C)no1. The molecule has 5 nitrogen and oxygen atoms in total. The van der Waals surface area contributed by atoms with Gasteiger partial charge >= 0.3 is 0 Å². The highest BCUT2D eigenvalue weighted by atomic mass is 32.2. The Bertz CT molecular complexity index is 823. The predicted octanol–water partition coefficient (Wildman–Crippen LogP) is 4.73. The van der Waals surface area contributed by atoms with E-state index in [1.165, 1.54) is 11.8 Å². The topological polar surface area (TPSA) is 53.1 Å². The fraction of sp³-hybridized carbons (Fsp3) is 0.412. The summed E-state index contributed by atoms with van der Waals surface area (Å²) in [4.78, 5) is 4.72. The molecule has 0 atom stereocenters. The molecule has 2 heterocycles. The van der Waals surface area contributed by atoms with Crippen LogP contribution in [0.4, 0.5) is 0 Å². The molecule has 0 amide bonds. The number of para-hydroxylation sites is 2. The largest absolute Gasteiger partial charge is 0.361 e. The molecule has 1 aromatic carbocycles. The van der Waals surface area contributed by atoms with Crippen LogP contribution in [-0.4, -0.2) is 35.6 Å². The molecule has 0 saturated carbocycles. The number of imidazole rings is 1. The van der Waals surface area contributed by atoms with E-state index in [2.05, 4.69) is 35.4 Å². The molecule has 24 heavy (non-hydrogen) atoms. The Morgan fingerprint density at radius 3 is 2.75 bits per heavy atom. The molecule has 0 aliphatic rings. The van der Waals surface area contributed by atoms with Gasteiger partial charge in [-0.15, -0.1) is 0 Å². The van der Waals surface area contributed by atoms with Crippen LogP contribution in [0.1, 0.15) is 0 Å². The van der Waals surface area contributed by atoms with Gasteiger partial charge in [0.15, 0.2) is 16.6 Å². The molecule has 0 bridgehead atoms. The van der Waals surface area contributed by atoms with Crippen LogP contribution < -0.4 is 0 Å². The van der Waals surface area contributed by atoms with E-state index in [0.29, 0.717) is 6.73 Å². The molecule has 7 heteroatoms. The van der Waals surface area contributed by atoms with E-state index >= 15 is 0 Å². The van der Waals surface area contributed by atoms with E-state index in [1.807, 2.05) is 30.5 Å². The maximum absolute atomic E-state index is 5.95. The van der Waals surface area contributed by atoms with Gasteiger partial charge in [-0.3, -0.25) is 4.57 Å². The lowest BCUT2D eigenvalue weighted by Crippen LogP contribution is -2.22. The number of rotatable bonds is 7. The molecule has 128 valence electrons. The number of hydrogen-bond acceptors (Lipinski definition) is 5. The minimum atomic E-state index is -1.09. The number of ether oxygens (including phenoxy) is 1. The Balaban J connectivity index is 1.88. The zero-order chi connectivity index (χ0) is 17.2. The summed E-state index contributed by atoms with van der Waals surface area (Å²) in [6.07, 6.45) is 1.97. The monoisotopic (exact) mass is 361 g/mol. The maximum atomic E-state index is 5.95. The van der Waals surface area contributed by atoms with Crippen molar-refractivity contribution in [3.8, 4) is 11.5 Å². The average Bonchev–Trinajstić information content (AvgIpc) is 3.15. The van der Waals surface area contributed by atoms with Gasteiger partial charge in [0.2, 0.25) is 0 Å². The standard InChI is InChI=1S/C17H23N3O2SSi/c1-23-16-11-14(19-22-16)17-18-13-7-5-6-8-15(13)20(17)12-21-9-10-24(2,3)4/h5-8,11H,9-10,12H2,1-4H3. The lowest BCUT2D eigenvalue weighted by Gasteiger charge is -2.16. The van der Waals surface area contributed by atoms with Crippen LogP contribution in [-0.2, 0) is 11.5 Å². The molecule has 0 N–H and O–H groups in total. The second-order valence-electron chi connectivity index (χ2n) is 6.94. The van der Waals surface area contributed by atoms with Crippen molar-refractivity contribution in [2.45, 2.75) is 37.5 Å². The second kappa shape index (κ2) is 7.12. The van der Waals surface area contributed by atoms with Gasteiger partial charge in [-0.05, 0) is 24.4 Å². The minimum Gasteiger partial charge on any atom is -0.361 e. The third-order valence-corrected chi connectivity index (χ3v) is 6.09.